The predicted molar refractivity (Wildman–Crippen MR) is 99.5 cm³/mol. The molecular weight excluding hydrogens is 389 g/mol. The molecule has 1 aliphatic heterocycles. The molecule has 0 aliphatic carbocycles. The van der Waals surface area contributed by atoms with Crippen molar-refractivity contribution >= 4 is 39.9 Å². The molecule has 0 bridgehead atoms. The van der Waals surface area contributed by atoms with Crippen molar-refractivity contribution in [1.29, 1.82) is 0 Å². The number of rotatable bonds is 4. The summed E-state index contributed by atoms with van der Waals surface area (Å²) in [6.07, 6.45) is 0. The number of hydrogen-bond acceptors (Lipinski definition) is 5. The molecule has 2 rings (SSSR count). The Morgan fingerprint density at radius 1 is 1.40 bits per heavy atom. The average molecular weight is 412 g/mol. The van der Waals surface area contributed by atoms with Crippen molar-refractivity contribution in [3.05, 3.63) is 22.7 Å². The maximum Gasteiger partial charge on any atom is 0.257 e. The number of amides is 1. The summed E-state index contributed by atoms with van der Waals surface area (Å²) >= 11 is 6.09. The fourth-order valence-corrected chi connectivity index (χ4v) is 4.80. The summed E-state index contributed by atoms with van der Waals surface area (Å²) in [7, 11) is 0.655. The van der Waals surface area contributed by atoms with Crippen LogP contribution in [0, 0.1) is 0 Å². The Labute approximate surface area is 159 Å². The SMILES string of the molecule is COc1c(C(=O)N(C)C)cc(Cl)cc1S(=O)(=O)N1CCNC[C@H]1C.Cl. The van der Waals surface area contributed by atoms with Gasteiger partial charge in [-0.2, -0.15) is 4.31 Å². The Morgan fingerprint density at radius 2 is 2.04 bits per heavy atom. The fraction of sp³-hybridized carbons (Fsp3) is 0.533. The molecule has 0 spiro atoms. The third kappa shape index (κ3) is 4.38. The molecule has 0 aromatic heterocycles. The number of carbonyl (C=O) groups excluding carboxylic acids is 1. The zero-order valence-corrected chi connectivity index (χ0v) is 17.0. The molecule has 1 fully saturated rings. The Balaban J connectivity index is 0.00000312. The van der Waals surface area contributed by atoms with Crippen LogP contribution in [0.1, 0.15) is 17.3 Å². The number of nitrogens with one attached hydrogen (secondary N) is 1. The lowest BCUT2D eigenvalue weighted by Gasteiger charge is -2.33. The number of nitrogens with zero attached hydrogens (tertiary/aromatic N) is 2. The minimum Gasteiger partial charge on any atom is -0.494 e. The van der Waals surface area contributed by atoms with Gasteiger partial charge < -0.3 is 15.0 Å². The summed E-state index contributed by atoms with van der Waals surface area (Å²) in [5.41, 5.74) is 0.122. The van der Waals surface area contributed by atoms with E-state index >= 15 is 0 Å². The Kier molecular flexibility index (Phi) is 7.52. The van der Waals surface area contributed by atoms with E-state index in [1.165, 1.54) is 28.4 Å². The van der Waals surface area contributed by atoms with Crippen LogP contribution in [0.5, 0.6) is 5.75 Å². The highest BCUT2D eigenvalue weighted by Gasteiger charge is 2.35. The smallest absolute Gasteiger partial charge is 0.257 e. The van der Waals surface area contributed by atoms with Crippen molar-refractivity contribution in [2.45, 2.75) is 17.9 Å². The third-order valence-electron chi connectivity index (χ3n) is 3.89. The van der Waals surface area contributed by atoms with Crippen LogP contribution in [-0.2, 0) is 10.0 Å². The maximum absolute atomic E-state index is 13.1. The van der Waals surface area contributed by atoms with Crippen LogP contribution in [0.4, 0.5) is 0 Å². The first-order valence-electron chi connectivity index (χ1n) is 7.52. The van der Waals surface area contributed by atoms with Crippen LogP contribution in [0.15, 0.2) is 17.0 Å². The van der Waals surface area contributed by atoms with Crippen LogP contribution < -0.4 is 10.1 Å². The number of ether oxygens (including phenoxy) is 1. The zero-order valence-electron chi connectivity index (χ0n) is 14.6. The zero-order chi connectivity index (χ0) is 18.1. The van der Waals surface area contributed by atoms with Gasteiger partial charge in [0.25, 0.3) is 5.91 Å². The topological polar surface area (TPSA) is 79.0 Å². The third-order valence-corrected chi connectivity index (χ3v) is 6.12. The maximum atomic E-state index is 13.1. The van der Waals surface area contributed by atoms with E-state index in [9.17, 15) is 13.2 Å². The van der Waals surface area contributed by atoms with Crippen molar-refractivity contribution in [1.82, 2.24) is 14.5 Å². The molecule has 0 unspecified atom stereocenters. The van der Waals surface area contributed by atoms with Crippen molar-refractivity contribution in [2.75, 3.05) is 40.8 Å². The van der Waals surface area contributed by atoms with Gasteiger partial charge in [0.2, 0.25) is 10.0 Å². The second-order valence-electron chi connectivity index (χ2n) is 5.85. The summed E-state index contributed by atoms with van der Waals surface area (Å²) in [5, 5.41) is 3.32. The number of carbonyl (C=O) groups is 1. The van der Waals surface area contributed by atoms with E-state index < -0.39 is 10.0 Å². The lowest BCUT2D eigenvalue weighted by atomic mass is 10.2. The van der Waals surface area contributed by atoms with Crippen LogP contribution in [0.3, 0.4) is 0 Å². The first-order chi connectivity index (χ1) is 11.2. The minimum absolute atomic E-state index is 0. The number of halogens is 2. The Hall–Kier alpha value is -1.06. The van der Waals surface area contributed by atoms with Crippen molar-refractivity contribution in [3.8, 4) is 5.75 Å². The summed E-state index contributed by atoms with van der Waals surface area (Å²) in [5.74, 6) is -0.358. The van der Waals surface area contributed by atoms with Gasteiger partial charge in [-0.15, -0.1) is 12.4 Å². The number of piperazine rings is 1. The quantitative estimate of drug-likeness (QED) is 0.810. The summed E-state index contributed by atoms with van der Waals surface area (Å²) in [4.78, 5) is 13.6. The molecule has 10 heteroatoms. The van der Waals surface area contributed by atoms with Gasteiger partial charge in [-0.1, -0.05) is 11.6 Å². The lowest BCUT2D eigenvalue weighted by Crippen LogP contribution is -2.52. The second-order valence-corrected chi connectivity index (χ2v) is 8.15. The average Bonchev–Trinajstić information content (AvgIpc) is 2.53. The molecule has 1 aromatic rings. The van der Waals surface area contributed by atoms with Crippen molar-refractivity contribution < 1.29 is 17.9 Å². The molecule has 0 radical (unpaired) electrons. The van der Waals surface area contributed by atoms with Gasteiger partial charge >= 0.3 is 0 Å². The molecule has 1 heterocycles. The van der Waals surface area contributed by atoms with E-state index in [0.717, 1.165) is 0 Å². The summed E-state index contributed by atoms with van der Waals surface area (Å²) in [6, 6.07) is 2.54. The molecule has 1 aromatic carbocycles. The number of methoxy groups -OCH3 is 1. The van der Waals surface area contributed by atoms with Gasteiger partial charge in [0.1, 0.15) is 4.90 Å². The molecule has 1 N–H and O–H groups in total. The predicted octanol–water partition coefficient (Wildman–Crippen LogP) is 1.45. The van der Waals surface area contributed by atoms with E-state index in [4.69, 9.17) is 16.3 Å². The number of hydrogen-bond donors (Lipinski definition) is 1. The van der Waals surface area contributed by atoms with Crippen LogP contribution in [-0.4, -0.2) is 70.4 Å². The van der Waals surface area contributed by atoms with Crippen LogP contribution in [0.25, 0.3) is 0 Å². The summed E-state index contributed by atoms with van der Waals surface area (Å²) < 4.78 is 32.9. The Bertz CT molecular complexity index is 741. The van der Waals surface area contributed by atoms with E-state index in [1.807, 2.05) is 6.92 Å². The van der Waals surface area contributed by atoms with Gasteiger partial charge in [-0.3, -0.25) is 4.79 Å². The monoisotopic (exact) mass is 411 g/mol. The molecule has 1 aliphatic rings. The molecule has 0 saturated carbocycles. The van der Waals surface area contributed by atoms with Gasteiger partial charge in [-0.05, 0) is 19.1 Å². The van der Waals surface area contributed by atoms with Gasteiger partial charge in [0.15, 0.2) is 5.75 Å². The van der Waals surface area contributed by atoms with Crippen molar-refractivity contribution in [3.63, 3.8) is 0 Å². The largest absolute Gasteiger partial charge is 0.494 e. The Morgan fingerprint density at radius 3 is 2.56 bits per heavy atom. The van der Waals surface area contributed by atoms with Crippen molar-refractivity contribution in [2.24, 2.45) is 0 Å². The highest BCUT2D eigenvalue weighted by atomic mass is 35.5. The van der Waals surface area contributed by atoms with E-state index in [0.29, 0.717) is 19.6 Å². The molecule has 1 atom stereocenters. The van der Waals surface area contributed by atoms with E-state index in [1.54, 1.807) is 14.1 Å². The summed E-state index contributed by atoms with van der Waals surface area (Å²) in [6.45, 7) is 3.30. The normalized spacial score (nSPS) is 18.4. The molecule has 25 heavy (non-hydrogen) atoms. The highest BCUT2D eigenvalue weighted by molar-refractivity contribution is 7.89. The first kappa shape index (κ1) is 22.0. The van der Waals surface area contributed by atoms with E-state index in [2.05, 4.69) is 5.32 Å². The molecular formula is C15H23Cl2N3O4S. The highest BCUT2D eigenvalue weighted by Crippen LogP contribution is 2.35. The van der Waals surface area contributed by atoms with Gasteiger partial charge in [0, 0.05) is 44.8 Å². The van der Waals surface area contributed by atoms with Crippen LogP contribution in [0.2, 0.25) is 5.02 Å². The first-order valence-corrected chi connectivity index (χ1v) is 9.33. The fourth-order valence-electron chi connectivity index (χ4n) is 2.68. The molecule has 1 amide bonds. The van der Waals surface area contributed by atoms with Gasteiger partial charge in [-0.25, -0.2) is 8.42 Å². The van der Waals surface area contributed by atoms with Crippen LogP contribution >= 0.6 is 24.0 Å². The molecule has 142 valence electrons. The molecule has 7 nitrogen and oxygen atoms in total. The minimum atomic E-state index is -3.85. The standard InChI is InChI=1S/C15H22ClN3O4S.ClH/c1-10-9-17-5-6-19(10)24(21,22)13-8-11(16)7-12(14(13)23-4)15(20)18(2)3;/h7-8,10,17H,5-6,9H2,1-4H3;1H/t10-;/m1./s1. The van der Waals surface area contributed by atoms with E-state index in [-0.39, 0.29) is 45.6 Å². The molecule has 1 saturated heterocycles. The number of benzene rings is 1. The second kappa shape index (κ2) is 8.55. The number of sulfonamides is 1. The van der Waals surface area contributed by atoms with Gasteiger partial charge in [0.05, 0.1) is 12.7 Å². The lowest BCUT2D eigenvalue weighted by molar-refractivity contribution is 0.0823.